The third-order valence-electron chi connectivity index (χ3n) is 14.8. The van der Waals surface area contributed by atoms with Gasteiger partial charge in [0.2, 0.25) is 0 Å². The summed E-state index contributed by atoms with van der Waals surface area (Å²) in [4.78, 5) is 18.4. The van der Waals surface area contributed by atoms with Crippen LogP contribution >= 0.6 is 0 Å². The average Bonchev–Trinajstić information content (AvgIpc) is 3.74. The lowest BCUT2D eigenvalue weighted by molar-refractivity contribution is -0.104. The molecule has 84 heavy (non-hydrogen) atoms. The molecule has 0 saturated carbocycles. The Labute approximate surface area is 505 Å². The number of hydrogen-bond acceptors (Lipinski definition) is 6. The van der Waals surface area contributed by atoms with Crippen LogP contribution in [0, 0.1) is 0 Å². The monoisotopic (exact) mass is 1110 g/mol. The number of nitrogens with zero attached hydrogens (tertiary/aromatic N) is 3. The van der Waals surface area contributed by atoms with E-state index in [-0.39, 0.29) is 20.9 Å². The Morgan fingerprint density at radius 1 is 0.452 bits per heavy atom. The Balaban J connectivity index is 0.000000221. The Morgan fingerprint density at radius 3 is 1.12 bits per heavy atom. The third kappa shape index (κ3) is 22.1. The molecule has 1 saturated heterocycles. The highest BCUT2D eigenvalue weighted by Gasteiger charge is 2.19. The quantitative estimate of drug-likeness (QED) is 0.0621. The first-order chi connectivity index (χ1) is 40.3. The molecule has 0 bridgehead atoms. The molecule has 1 aliphatic rings. The van der Waals surface area contributed by atoms with Crippen LogP contribution in [0.25, 0.3) is 16.7 Å². The smallest absolute Gasteiger partial charge is 0.143 e. The standard InChI is InChI=1S/C30H37N3.C23H23N.C15H12O.C8H11N.2CH4/c1-26(27-12-6-3-7-13-27)33(25-24-32-22-20-31(2)21-23-32)19-18-30(28-14-8-4-9-15-28)29-16-10-5-11-17-29;1-19(20-11-5-2-6-12-20)24-18-17-23(21-13-7-3-8-14-21)22-15-9-4-10-16-22;16-12-11-15(13-7-3-1-4-8-13)14-9-5-2-6-10-14;1-7(9)8-5-3-2-4-6-8;;/h3-18,26H,19-25H2,1-2H3;2-17,19,24H,18H2,1H3;1-12H;2-7H,9H2,1H3;2*1H4/t26-;19-;;7-;;/m11.1../s1. The van der Waals surface area contributed by atoms with Gasteiger partial charge >= 0.3 is 0 Å². The van der Waals surface area contributed by atoms with Crippen molar-refractivity contribution in [2.24, 2.45) is 5.73 Å². The first-order valence-corrected chi connectivity index (χ1v) is 28.9. The van der Waals surface area contributed by atoms with Gasteiger partial charge in [-0.25, -0.2) is 0 Å². The number of allylic oxidation sites excluding steroid dienone is 1. The second-order valence-corrected chi connectivity index (χ2v) is 20.6. The molecule has 0 aliphatic carbocycles. The van der Waals surface area contributed by atoms with Gasteiger partial charge < -0.3 is 16.0 Å². The van der Waals surface area contributed by atoms with Gasteiger partial charge in [0.25, 0.3) is 0 Å². The summed E-state index contributed by atoms with van der Waals surface area (Å²) in [6.07, 6.45) is 7.14. The minimum atomic E-state index is 0. The number of rotatable bonds is 19. The van der Waals surface area contributed by atoms with Crippen molar-refractivity contribution in [2.45, 2.75) is 53.8 Å². The Kier molecular flexibility index (Phi) is 29.8. The van der Waals surface area contributed by atoms with Gasteiger partial charge in [-0.1, -0.05) is 300 Å². The van der Waals surface area contributed by atoms with Gasteiger partial charge in [0.15, 0.2) is 0 Å². The van der Waals surface area contributed by atoms with Crippen LogP contribution in [0.1, 0.15) is 104 Å². The van der Waals surface area contributed by atoms with Gasteiger partial charge in [0.05, 0.1) is 0 Å². The lowest BCUT2D eigenvalue weighted by Gasteiger charge is -2.35. The number of carbonyl (C=O) groups excluding carboxylic acids is 1. The maximum atomic E-state index is 10.7. The van der Waals surface area contributed by atoms with E-state index in [1.807, 2.05) is 97.9 Å². The van der Waals surface area contributed by atoms with E-state index >= 15 is 0 Å². The van der Waals surface area contributed by atoms with Crippen LogP contribution in [0.3, 0.4) is 0 Å². The molecule has 6 nitrogen and oxygen atoms in total. The van der Waals surface area contributed by atoms with E-state index in [4.69, 9.17) is 5.73 Å². The molecule has 10 rings (SSSR count). The number of nitrogens with two attached hydrogens (primary N) is 1. The molecule has 0 radical (unpaired) electrons. The third-order valence-corrected chi connectivity index (χ3v) is 14.8. The van der Waals surface area contributed by atoms with Gasteiger partial charge in [-0.3, -0.25) is 14.6 Å². The van der Waals surface area contributed by atoms with Crippen molar-refractivity contribution in [3.8, 4) is 0 Å². The summed E-state index contributed by atoms with van der Waals surface area (Å²) in [5.41, 5.74) is 20.2. The number of hydrogen-bond donors (Lipinski definition) is 2. The van der Waals surface area contributed by atoms with Crippen LogP contribution in [-0.2, 0) is 4.79 Å². The maximum absolute atomic E-state index is 10.7. The SMILES string of the molecule is C.C.C[C@@H](N)c1ccccc1.C[C@@H](NCC=C(c1ccccc1)c1ccccc1)c1ccccc1.C[C@H](c1ccccc1)N(CC=C(c1ccccc1)c1ccccc1)CCN1CCN(C)CC1.O=CC=C(c1ccccc1)c1ccccc1. The summed E-state index contributed by atoms with van der Waals surface area (Å²) in [6.45, 7) is 15.1. The van der Waals surface area contributed by atoms with Crippen LogP contribution in [0.2, 0.25) is 0 Å². The van der Waals surface area contributed by atoms with Crippen molar-refractivity contribution >= 4 is 23.0 Å². The van der Waals surface area contributed by atoms with Crippen molar-refractivity contribution < 1.29 is 4.79 Å². The van der Waals surface area contributed by atoms with Gasteiger partial charge in [0, 0.05) is 70.5 Å². The van der Waals surface area contributed by atoms with Gasteiger partial charge in [0.1, 0.15) is 6.29 Å². The Bertz CT molecular complexity index is 3100. The van der Waals surface area contributed by atoms with Crippen LogP contribution in [0.4, 0.5) is 0 Å². The second kappa shape index (κ2) is 37.7. The molecular formula is C78H91N5O. The fraction of sp³-hybridized carbons (Fsp3) is 0.218. The van der Waals surface area contributed by atoms with E-state index in [9.17, 15) is 4.79 Å². The van der Waals surface area contributed by atoms with Crippen LogP contribution < -0.4 is 11.1 Å². The topological polar surface area (TPSA) is 64.8 Å². The Hall–Kier alpha value is -8.33. The first-order valence-electron chi connectivity index (χ1n) is 28.9. The van der Waals surface area contributed by atoms with Crippen molar-refractivity contribution in [3.63, 3.8) is 0 Å². The fourth-order valence-electron chi connectivity index (χ4n) is 9.83. The number of carbonyl (C=O) groups is 1. The molecule has 0 aromatic heterocycles. The number of benzene rings is 9. The van der Waals surface area contributed by atoms with Gasteiger partial charge in [-0.2, -0.15) is 0 Å². The average molecular weight is 1110 g/mol. The highest BCUT2D eigenvalue weighted by Crippen LogP contribution is 2.27. The summed E-state index contributed by atoms with van der Waals surface area (Å²) >= 11 is 0. The molecule has 0 spiro atoms. The van der Waals surface area contributed by atoms with Crippen LogP contribution in [0.15, 0.2) is 291 Å². The highest BCUT2D eigenvalue weighted by molar-refractivity contribution is 5.89. The van der Waals surface area contributed by atoms with Gasteiger partial charge in [-0.05, 0) is 101 Å². The number of likely N-dealkylation sites (N-methyl/N-ethyl adjacent to an activating group) is 1. The lowest BCUT2D eigenvalue weighted by atomic mass is 9.97. The number of aldehydes is 1. The number of nitrogens with one attached hydrogen (secondary N) is 1. The summed E-state index contributed by atoms with van der Waals surface area (Å²) in [5.74, 6) is 0. The van der Waals surface area contributed by atoms with E-state index in [0.29, 0.717) is 12.1 Å². The van der Waals surface area contributed by atoms with E-state index in [1.54, 1.807) is 6.08 Å². The van der Waals surface area contributed by atoms with E-state index in [1.165, 1.54) is 76.3 Å². The zero-order chi connectivity index (χ0) is 57.4. The molecule has 9 aromatic rings. The molecule has 434 valence electrons. The van der Waals surface area contributed by atoms with E-state index in [2.05, 4.69) is 235 Å². The molecule has 3 atom stereocenters. The van der Waals surface area contributed by atoms with Crippen molar-refractivity contribution in [1.29, 1.82) is 0 Å². The summed E-state index contributed by atoms with van der Waals surface area (Å²) in [5, 5.41) is 3.59. The van der Waals surface area contributed by atoms with Crippen LogP contribution in [0.5, 0.6) is 0 Å². The molecule has 3 N–H and O–H groups in total. The predicted molar refractivity (Wildman–Crippen MR) is 362 cm³/mol. The van der Waals surface area contributed by atoms with Crippen LogP contribution in [-0.4, -0.2) is 80.4 Å². The van der Waals surface area contributed by atoms with Crippen molar-refractivity contribution in [2.75, 3.05) is 59.4 Å². The van der Waals surface area contributed by atoms with Crippen molar-refractivity contribution in [3.05, 3.63) is 341 Å². The molecule has 1 aliphatic heterocycles. The van der Waals surface area contributed by atoms with Crippen molar-refractivity contribution in [1.82, 2.24) is 20.0 Å². The molecule has 1 heterocycles. The predicted octanol–water partition coefficient (Wildman–Crippen LogP) is 17.2. The van der Waals surface area contributed by atoms with E-state index < -0.39 is 0 Å². The Morgan fingerprint density at radius 2 is 0.774 bits per heavy atom. The molecular weight excluding hydrogens is 1020 g/mol. The molecule has 1 fully saturated rings. The highest BCUT2D eigenvalue weighted by atomic mass is 16.1. The molecule has 9 aromatic carbocycles. The zero-order valence-electron chi connectivity index (χ0n) is 48.5. The van der Waals surface area contributed by atoms with E-state index in [0.717, 1.165) is 49.2 Å². The zero-order valence-corrected chi connectivity index (χ0v) is 48.5. The second-order valence-electron chi connectivity index (χ2n) is 20.6. The molecule has 6 heteroatoms. The first kappa shape index (κ1) is 66.5. The summed E-state index contributed by atoms with van der Waals surface area (Å²) in [7, 11) is 2.22. The largest absolute Gasteiger partial charge is 0.324 e. The minimum Gasteiger partial charge on any atom is -0.324 e. The normalized spacial score (nSPS) is 12.8. The summed E-state index contributed by atoms with van der Waals surface area (Å²) < 4.78 is 0. The summed E-state index contributed by atoms with van der Waals surface area (Å²) in [6, 6.07) is 94.9. The lowest BCUT2D eigenvalue weighted by Crippen LogP contribution is -2.47. The molecule has 0 amide bonds. The molecule has 0 unspecified atom stereocenters. The minimum absolute atomic E-state index is 0. The van der Waals surface area contributed by atoms with Gasteiger partial charge in [-0.15, -0.1) is 0 Å². The fourth-order valence-corrected chi connectivity index (χ4v) is 9.83. The number of piperazine rings is 1. The maximum Gasteiger partial charge on any atom is 0.143 e.